The average Bonchev–Trinajstić information content (AvgIpc) is 3.06. The Balaban J connectivity index is 1.69. The first-order valence-electron chi connectivity index (χ1n) is 6.97. The maximum absolute atomic E-state index is 12.1. The van der Waals surface area contributed by atoms with Gasteiger partial charge >= 0.3 is 6.09 Å². The van der Waals surface area contributed by atoms with Gasteiger partial charge in [0.2, 0.25) is 0 Å². The molecule has 0 radical (unpaired) electrons. The van der Waals surface area contributed by atoms with Gasteiger partial charge in [-0.3, -0.25) is 4.68 Å². The summed E-state index contributed by atoms with van der Waals surface area (Å²) in [5, 5.41) is 4.62. The molecule has 0 unspecified atom stereocenters. The molecule has 5 heteroatoms. The fourth-order valence-corrected chi connectivity index (χ4v) is 2.34. The highest BCUT2D eigenvalue weighted by Crippen LogP contribution is 2.35. The van der Waals surface area contributed by atoms with Crippen LogP contribution in [0.25, 0.3) is 0 Å². The molecule has 0 spiro atoms. The molecule has 1 fully saturated rings. The molecule has 0 saturated heterocycles. The minimum atomic E-state index is -0.435. The van der Waals surface area contributed by atoms with Crippen LogP contribution in [0.5, 0.6) is 0 Å². The van der Waals surface area contributed by atoms with Gasteiger partial charge in [0.15, 0.2) is 0 Å². The highest BCUT2D eigenvalue weighted by molar-refractivity contribution is 5.68. The van der Waals surface area contributed by atoms with Crippen LogP contribution >= 0.6 is 0 Å². The molecule has 1 aromatic rings. The van der Waals surface area contributed by atoms with Crippen LogP contribution in [0.1, 0.15) is 50.9 Å². The fourth-order valence-electron chi connectivity index (χ4n) is 2.34. The molecular formula is C14H21N3O2. The van der Waals surface area contributed by atoms with E-state index in [2.05, 4.69) is 16.0 Å². The van der Waals surface area contributed by atoms with E-state index in [9.17, 15) is 4.79 Å². The van der Waals surface area contributed by atoms with Crippen molar-refractivity contribution >= 4 is 6.09 Å². The molecule has 1 aliphatic carbocycles. The molecule has 104 valence electrons. The molecule has 19 heavy (non-hydrogen) atoms. The molecule has 1 aromatic heterocycles. The standard InChI is InChI=1S/C14H21N3O2/c1-14(2,3)19-13(18)16-7-6-12-10(8-16)9-17(15-12)11-4-5-11/h9,11H,4-8H2,1-3H3. The van der Waals surface area contributed by atoms with Gasteiger partial charge in [-0.15, -0.1) is 0 Å². The van der Waals surface area contributed by atoms with Crippen LogP contribution in [0.2, 0.25) is 0 Å². The first-order valence-corrected chi connectivity index (χ1v) is 6.97. The number of fused-ring (bicyclic) bond motifs is 1. The van der Waals surface area contributed by atoms with Crippen LogP contribution in [0.3, 0.4) is 0 Å². The molecule has 2 aliphatic rings. The molecule has 0 N–H and O–H groups in total. The zero-order valence-electron chi connectivity index (χ0n) is 11.8. The molecule has 0 bridgehead atoms. The van der Waals surface area contributed by atoms with Crippen molar-refractivity contribution in [3.63, 3.8) is 0 Å². The van der Waals surface area contributed by atoms with Crippen molar-refractivity contribution in [3.05, 3.63) is 17.5 Å². The first-order chi connectivity index (χ1) is 8.92. The van der Waals surface area contributed by atoms with Crippen LogP contribution in [0.4, 0.5) is 4.79 Å². The van der Waals surface area contributed by atoms with Crippen LogP contribution in [-0.4, -0.2) is 32.9 Å². The lowest BCUT2D eigenvalue weighted by molar-refractivity contribution is 0.0223. The van der Waals surface area contributed by atoms with Gasteiger partial charge in [0.25, 0.3) is 0 Å². The highest BCUT2D eigenvalue weighted by atomic mass is 16.6. The lowest BCUT2D eigenvalue weighted by atomic mass is 10.1. The molecule has 1 saturated carbocycles. The van der Waals surface area contributed by atoms with Crippen LogP contribution in [0.15, 0.2) is 6.20 Å². The number of carbonyl (C=O) groups is 1. The molecule has 0 aromatic carbocycles. The number of carbonyl (C=O) groups excluding carboxylic acids is 1. The fraction of sp³-hybridized carbons (Fsp3) is 0.714. The van der Waals surface area contributed by atoms with Crippen molar-refractivity contribution in [2.45, 2.75) is 58.2 Å². The third kappa shape index (κ3) is 2.74. The maximum atomic E-state index is 12.1. The predicted octanol–water partition coefficient (Wildman–Crippen LogP) is 2.51. The summed E-state index contributed by atoms with van der Waals surface area (Å²) in [7, 11) is 0. The largest absolute Gasteiger partial charge is 0.444 e. The zero-order chi connectivity index (χ0) is 13.6. The summed E-state index contributed by atoms with van der Waals surface area (Å²) in [4.78, 5) is 13.8. The van der Waals surface area contributed by atoms with Crippen molar-refractivity contribution in [1.82, 2.24) is 14.7 Å². The van der Waals surface area contributed by atoms with Gasteiger partial charge in [0, 0.05) is 24.7 Å². The van der Waals surface area contributed by atoms with E-state index < -0.39 is 5.60 Å². The summed E-state index contributed by atoms with van der Waals surface area (Å²) in [5.41, 5.74) is 1.88. The Labute approximate surface area is 113 Å². The first kappa shape index (κ1) is 12.5. The summed E-state index contributed by atoms with van der Waals surface area (Å²) in [5.74, 6) is 0. The Morgan fingerprint density at radius 2 is 2.16 bits per heavy atom. The summed E-state index contributed by atoms with van der Waals surface area (Å²) >= 11 is 0. The van der Waals surface area contributed by atoms with Crippen molar-refractivity contribution in [1.29, 1.82) is 0 Å². The molecule has 1 amide bonds. The van der Waals surface area contributed by atoms with Gasteiger partial charge in [-0.05, 0) is 33.6 Å². The lowest BCUT2D eigenvalue weighted by Crippen LogP contribution is -2.39. The molecule has 1 aliphatic heterocycles. The number of nitrogens with zero attached hydrogens (tertiary/aromatic N) is 3. The predicted molar refractivity (Wildman–Crippen MR) is 70.8 cm³/mol. The van der Waals surface area contributed by atoms with Gasteiger partial charge in [-0.2, -0.15) is 5.10 Å². The second-order valence-electron chi connectivity index (χ2n) is 6.46. The minimum absolute atomic E-state index is 0.225. The van der Waals surface area contributed by atoms with E-state index in [-0.39, 0.29) is 6.09 Å². The Bertz CT molecular complexity index is 497. The number of ether oxygens (including phenoxy) is 1. The third-order valence-electron chi connectivity index (χ3n) is 3.45. The Kier molecular flexibility index (Phi) is 2.80. The van der Waals surface area contributed by atoms with E-state index in [0.29, 0.717) is 19.1 Å². The van der Waals surface area contributed by atoms with E-state index >= 15 is 0 Å². The summed E-state index contributed by atoms with van der Waals surface area (Å²) in [6.45, 7) is 7.00. The minimum Gasteiger partial charge on any atom is -0.444 e. The van der Waals surface area contributed by atoms with E-state index in [1.807, 2.05) is 20.8 Å². The second kappa shape index (κ2) is 4.25. The van der Waals surface area contributed by atoms with Crippen molar-refractivity contribution < 1.29 is 9.53 Å². The summed E-state index contributed by atoms with van der Waals surface area (Å²) < 4.78 is 7.49. The van der Waals surface area contributed by atoms with Gasteiger partial charge in [0.05, 0.1) is 18.3 Å². The van der Waals surface area contributed by atoms with E-state index in [4.69, 9.17) is 4.74 Å². The van der Waals surface area contributed by atoms with Gasteiger partial charge in [-0.1, -0.05) is 0 Å². The van der Waals surface area contributed by atoms with Crippen molar-refractivity contribution in [2.24, 2.45) is 0 Å². The van der Waals surface area contributed by atoms with Gasteiger partial charge < -0.3 is 9.64 Å². The molecule has 3 rings (SSSR count). The van der Waals surface area contributed by atoms with Gasteiger partial charge in [0.1, 0.15) is 5.60 Å². The number of amides is 1. The summed E-state index contributed by atoms with van der Waals surface area (Å²) in [6.07, 6.45) is 5.17. The Hall–Kier alpha value is -1.52. The van der Waals surface area contributed by atoms with E-state index in [1.165, 1.54) is 18.4 Å². The zero-order valence-corrected chi connectivity index (χ0v) is 11.8. The second-order valence-corrected chi connectivity index (χ2v) is 6.46. The van der Waals surface area contributed by atoms with Crippen LogP contribution < -0.4 is 0 Å². The topological polar surface area (TPSA) is 47.4 Å². The smallest absolute Gasteiger partial charge is 0.410 e. The summed E-state index contributed by atoms with van der Waals surface area (Å²) in [6, 6.07) is 0.598. The van der Waals surface area contributed by atoms with E-state index in [0.717, 1.165) is 12.1 Å². The number of hydrogen-bond acceptors (Lipinski definition) is 3. The quantitative estimate of drug-likeness (QED) is 0.782. The maximum Gasteiger partial charge on any atom is 0.410 e. The number of hydrogen-bond donors (Lipinski definition) is 0. The molecule has 0 atom stereocenters. The SMILES string of the molecule is CC(C)(C)OC(=O)N1CCc2nn(C3CC3)cc2C1. The monoisotopic (exact) mass is 263 g/mol. The van der Waals surface area contributed by atoms with Crippen molar-refractivity contribution in [2.75, 3.05) is 6.54 Å². The molecule has 5 nitrogen and oxygen atoms in total. The van der Waals surface area contributed by atoms with E-state index in [1.54, 1.807) is 4.90 Å². The number of rotatable bonds is 1. The van der Waals surface area contributed by atoms with Crippen molar-refractivity contribution in [3.8, 4) is 0 Å². The Morgan fingerprint density at radius 3 is 2.79 bits per heavy atom. The van der Waals surface area contributed by atoms with Gasteiger partial charge in [-0.25, -0.2) is 4.79 Å². The Morgan fingerprint density at radius 1 is 1.42 bits per heavy atom. The molecule has 2 heterocycles. The normalized spacial score (nSPS) is 19.2. The van der Waals surface area contributed by atoms with Crippen LogP contribution in [-0.2, 0) is 17.7 Å². The van der Waals surface area contributed by atoms with Crippen LogP contribution in [0, 0.1) is 0 Å². The average molecular weight is 263 g/mol. The number of aromatic nitrogens is 2. The third-order valence-corrected chi connectivity index (χ3v) is 3.45. The highest BCUT2D eigenvalue weighted by Gasteiger charge is 2.30. The lowest BCUT2D eigenvalue weighted by Gasteiger charge is -2.29. The molecular weight excluding hydrogens is 242 g/mol.